The summed E-state index contributed by atoms with van der Waals surface area (Å²) < 4.78 is 10.9. The second-order valence-electron chi connectivity index (χ2n) is 6.79. The predicted octanol–water partition coefficient (Wildman–Crippen LogP) is 4.63. The number of ether oxygens (including phenoxy) is 2. The van der Waals surface area contributed by atoms with E-state index in [1.807, 2.05) is 0 Å². The van der Waals surface area contributed by atoms with Crippen molar-refractivity contribution in [2.45, 2.75) is 6.92 Å². The van der Waals surface area contributed by atoms with E-state index in [1.165, 1.54) is 24.0 Å². The smallest absolute Gasteiger partial charge is 0.270 e. The molecular formula is C23H21N3O6. The molecule has 164 valence electrons. The Morgan fingerprint density at radius 1 is 0.969 bits per heavy atom. The molecule has 3 aromatic carbocycles. The molecule has 3 aromatic rings. The van der Waals surface area contributed by atoms with Gasteiger partial charge in [0.2, 0.25) is 5.91 Å². The molecule has 0 radical (unpaired) electrons. The monoisotopic (exact) mass is 435 g/mol. The van der Waals surface area contributed by atoms with Gasteiger partial charge in [0.1, 0.15) is 17.2 Å². The van der Waals surface area contributed by atoms with Crippen molar-refractivity contribution in [3.8, 4) is 17.2 Å². The number of anilines is 2. The number of amides is 2. The van der Waals surface area contributed by atoms with E-state index in [2.05, 4.69) is 5.32 Å². The van der Waals surface area contributed by atoms with Crippen LogP contribution in [0.5, 0.6) is 17.2 Å². The minimum absolute atomic E-state index is 0.0000476. The maximum atomic E-state index is 12.9. The molecule has 9 heteroatoms. The van der Waals surface area contributed by atoms with Crippen LogP contribution in [0.4, 0.5) is 17.1 Å². The number of nitrogens with zero attached hydrogens (tertiary/aromatic N) is 2. The third-order valence-corrected chi connectivity index (χ3v) is 4.69. The van der Waals surface area contributed by atoms with Gasteiger partial charge in [0.25, 0.3) is 11.6 Å². The Labute approximate surface area is 184 Å². The molecule has 0 fully saturated rings. The van der Waals surface area contributed by atoms with E-state index in [1.54, 1.807) is 62.7 Å². The van der Waals surface area contributed by atoms with Crippen LogP contribution in [0.15, 0.2) is 66.7 Å². The highest BCUT2D eigenvalue weighted by Gasteiger charge is 2.19. The first-order valence-electron chi connectivity index (χ1n) is 9.54. The summed E-state index contributed by atoms with van der Waals surface area (Å²) in [7, 11) is 3.18. The standard InChI is InChI=1S/C23H21N3O6/c1-15(27)25(2)17-6-4-16(5-7-17)24-23(28)21-14-18(26(29)30)8-13-22(21)32-20-11-9-19(31-3)10-12-20/h4-14H,1-3H3,(H,24,28). The minimum atomic E-state index is -0.583. The summed E-state index contributed by atoms with van der Waals surface area (Å²) >= 11 is 0. The number of methoxy groups -OCH3 is 1. The summed E-state index contributed by atoms with van der Waals surface area (Å²) in [5, 5.41) is 13.9. The van der Waals surface area contributed by atoms with Crippen LogP contribution in [0.3, 0.4) is 0 Å². The summed E-state index contributed by atoms with van der Waals surface area (Å²) in [5.41, 5.74) is 0.877. The number of non-ortho nitro benzene ring substituents is 1. The predicted molar refractivity (Wildman–Crippen MR) is 120 cm³/mol. The van der Waals surface area contributed by atoms with Gasteiger partial charge in [0.15, 0.2) is 0 Å². The Bertz CT molecular complexity index is 1140. The van der Waals surface area contributed by atoms with Crippen molar-refractivity contribution in [3.05, 3.63) is 82.4 Å². The van der Waals surface area contributed by atoms with Gasteiger partial charge in [-0.3, -0.25) is 19.7 Å². The van der Waals surface area contributed by atoms with Crippen molar-refractivity contribution in [1.82, 2.24) is 0 Å². The molecule has 0 bridgehead atoms. The Morgan fingerprint density at radius 2 is 1.59 bits per heavy atom. The average molecular weight is 435 g/mol. The van der Waals surface area contributed by atoms with E-state index < -0.39 is 10.8 Å². The highest BCUT2D eigenvalue weighted by molar-refractivity contribution is 6.06. The van der Waals surface area contributed by atoms with E-state index in [0.717, 1.165) is 6.07 Å². The molecule has 0 aliphatic rings. The second kappa shape index (κ2) is 9.61. The molecule has 2 amide bonds. The summed E-state index contributed by atoms with van der Waals surface area (Å²) in [6.07, 6.45) is 0. The Morgan fingerprint density at radius 3 is 2.16 bits per heavy atom. The number of hydrogen-bond donors (Lipinski definition) is 1. The van der Waals surface area contributed by atoms with E-state index in [0.29, 0.717) is 22.9 Å². The van der Waals surface area contributed by atoms with E-state index in [4.69, 9.17) is 9.47 Å². The molecule has 0 heterocycles. The maximum Gasteiger partial charge on any atom is 0.270 e. The lowest BCUT2D eigenvalue weighted by Gasteiger charge is -2.16. The fourth-order valence-electron chi connectivity index (χ4n) is 2.82. The lowest BCUT2D eigenvalue weighted by Crippen LogP contribution is -2.22. The van der Waals surface area contributed by atoms with Gasteiger partial charge in [-0.15, -0.1) is 0 Å². The second-order valence-corrected chi connectivity index (χ2v) is 6.79. The lowest BCUT2D eigenvalue weighted by atomic mass is 10.1. The molecule has 0 aromatic heterocycles. The highest BCUT2D eigenvalue weighted by atomic mass is 16.6. The van der Waals surface area contributed by atoms with Crippen LogP contribution in [0, 0.1) is 10.1 Å². The Hall–Kier alpha value is -4.40. The topological polar surface area (TPSA) is 111 Å². The van der Waals surface area contributed by atoms with Crippen molar-refractivity contribution < 1.29 is 24.0 Å². The zero-order chi connectivity index (χ0) is 23.3. The summed E-state index contributed by atoms with van der Waals surface area (Å²) in [6, 6.07) is 17.1. The average Bonchev–Trinajstić information content (AvgIpc) is 2.79. The minimum Gasteiger partial charge on any atom is -0.497 e. The summed E-state index contributed by atoms with van der Waals surface area (Å²) in [4.78, 5) is 36.5. The Balaban J connectivity index is 1.86. The largest absolute Gasteiger partial charge is 0.497 e. The van der Waals surface area contributed by atoms with Crippen LogP contribution in [0.1, 0.15) is 17.3 Å². The lowest BCUT2D eigenvalue weighted by molar-refractivity contribution is -0.384. The van der Waals surface area contributed by atoms with Gasteiger partial charge < -0.3 is 19.7 Å². The molecule has 0 atom stereocenters. The fraction of sp³-hybridized carbons (Fsp3) is 0.130. The van der Waals surface area contributed by atoms with E-state index in [9.17, 15) is 19.7 Å². The summed E-state index contributed by atoms with van der Waals surface area (Å²) in [6.45, 7) is 1.45. The number of rotatable bonds is 7. The molecule has 0 aliphatic carbocycles. The van der Waals surface area contributed by atoms with E-state index >= 15 is 0 Å². The van der Waals surface area contributed by atoms with Crippen molar-refractivity contribution in [2.75, 3.05) is 24.4 Å². The number of carbonyl (C=O) groups is 2. The van der Waals surface area contributed by atoms with Crippen molar-refractivity contribution in [3.63, 3.8) is 0 Å². The number of nitro groups is 1. The molecule has 1 N–H and O–H groups in total. The molecule has 0 unspecified atom stereocenters. The zero-order valence-corrected chi connectivity index (χ0v) is 17.7. The normalized spacial score (nSPS) is 10.2. The van der Waals surface area contributed by atoms with Crippen LogP contribution in [0.2, 0.25) is 0 Å². The van der Waals surface area contributed by atoms with Crippen LogP contribution in [-0.2, 0) is 4.79 Å². The number of nitrogens with one attached hydrogen (secondary N) is 1. The molecule has 0 saturated heterocycles. The van der Waals surface area contributed by atoms with E-state index in [-0.39, 0.29) is 22.9 Å². The first kappa shape index (κ1) is 22.3. The van der Waals surface area contributed by atoms with Gasteiger partial charge in [0.05, 0.1) is 17.6 Å². The quantitative estimate of drug-likeness (QED) is 0.428. The fourth-order valence-corrected chi connectivity index (χ4v) is 2.82. The Kier molecular flexibility index (Phi) is 6.69. The van der Waals surface area contributed by atoms with Crippen LogP contribution in [-0.4, -0.2) is 30.9 Å². The third-order valence-electron chi connectivity index (χ3n) is 4.69. The van der Waals surface area contributed by atoms with Gasteiger partial charge in [-0.1, -0.05) is 0 Å². The zero-order valence-electron chi connectivity index (χ0n) is 17.7. The molecule has 9 nitrogen and oxygen atoms in total. The van der Waals surface area contributed by atoms with Crippen LogP contribution < -0.4 is 19.7 Å². The maximum absolute atomic E-state index is 12.9. The van der Waals surface area contributed by atoms with Gasteiger partial charge in [0, 0.05) is 37.5 Å². The van der Waals surface area contributed by atoms with Gasteiger partial charge in [-0.25, -0.2) is 0 Å². The van der Waals surface area contributed by atoms with Crippen LogP contribution in [0.25, 0.3) is 0 Å². The third kappa shape index (κ3) is 5.20. The van der Waals surface area contributed by atoms with Gasteiger partial charge >= 0.3 is 0 Å². The summed E-state index contributed by atoms with van der Waals surface area (Å²) in [5.74, 6) is 0.526. The number of nitro benzene ring substituents is 1. The van der Waals surface area contributed by atoms with Crippen molar-refractivity contribution >= 4 is 28.9 Å². The first-order valence-corrected chi connectivity index (χ1v) is 9.54. The number of carbonyl (C=O) groups excluding carboxylic acids is 2. The molecule has 3 rings (SSSR count). The number of hydrogen-bond acceptors (Lipinski definition) is 6. The van der Waals surface area contributed by atoms with Gasteiger partial charge in [-0.2, -0.15) is 0 Å². The molecular weight excluding hydrogens is 414 g/mol. The van der Waals surface area contributed by atoms with Gasteiger partial charge in [-0.05, 0) is 54.6 Å². The molecule has 0 spiro atoms. The number of benzene rings is 3. The first-order chi connectivity index (χ1) is 15.3. The molecule has 0 aliphatic heterocycles. The van der Waals surface area contributed by atoms with Crippen LogP contribution >= 0.6 is 0 Å². The molecule has 32 heavy (non-hydrogen) atoms. The molecule has 0 saturated carbocycles. The SMILES string of the molecule is COc1ccc(Oc2ccc([N+](=O)[O-])cc2C(=O)Nc2ccc(N(C)C(C)=O)cc2)cc1. The van der Waals surface area contributed by atoms with Crippen molar-refractivity contribution in [2.24, 2.45) is 0 Å². The highest BCUT2D eigenvalue weighted by Crippen LogP contribution is 2.30. The van der Waals surface area contributed by atoms with Crippen molar-refractivity contribution in [1.29, 1.82) is 0 Å².